The van der Waals surface area contributed by atoms with Crippen molar-refractivity contribution in [1.82, 2.24) is 4.90 Å². The monoisotopic (exact) mass is 391 g/mol. The lowest BCUT2D eigenvalue weighted by atomic mass is 10.1. The number of phenolic OH excluding ortho intramolecular Hbond substituents is 1. The molecule has 1 heterocycles. The lowest BCUT2D eigenvalue weighted by Crippen LogP contribution is -2.27. The highest BCUT2D eigenvalue weighted by Crippen LogP contribution is 2.35. The summed E-state index contributed by atoms with van der Waals surface area (Å²) in [5, 5.41) is 11.9. The number of methoxy groups -OCH3 is 1. The molecule has 5 nitrogen and oxygen atoms in total. The summed E-state index contributed by atoms with van der Waals surface area (Å²) in [6, 6.07) is 18.6. The number of nitrogens with zero attached hydrogens (tertiary/aromatic N) is 1. The minimum atomic E-state index is -0.370. The number of aromatic hydroxyl groups is 1. The van der Waals surface area contributed by atoms with E-state index in [0.29, 0.717) is 11.3 Å². The molecule has 1 aliphatic heterocycles. The molecule has 1 fully saturated rings. The number of thioether (sulfide) groups is 1. The first-order valence-corrected chi connectivity index (χ1v) is 9.47. The van der Waals surface area contributed by atoms with E-state index in [-0.39, 0.29) is 28.3 Å². The molecule has 0 bridgehead atoms. The number of ether oxygens (including phenoxy) is 1. The van der Waals surface area contributed by atoms with Crippen LogP contribution < -0.4 is 4.74 Å². The molecule has 0 aliphatic carbocycles. The fraction of sp³-hybridized carbons (Fsp3) is 0.0909. The molecule has 0 spiro atoms. The van der Waals surface area contributed by atoms with Crippen LogP contribution >= 0.6 is 11.8 Å². The van der Waals surface area contributed by atoms with E-state index in [1.807, 2.05) is 42.5 Å². The Kier molecular flexibility index (Phi) is 4.79. The van der Waals surface area contributed by atoms with Crippen molar-refractivity contribution in [2.75, 3.05) is 7.11 Å². The van der Waals surface area contributed by atoms with Gasteiger partial charge in [0, 0.05) is 5.56 Å². The molecule has 6 heteroatoms. The van der Waals surface area contributed by atoms with Gasteiger partial charge in [-0.1, -0.05) is 36.4 Å². The van der Waals surface area contributed by atoms with Gasteiger partial charge >= 0.3 is 0 Å². The van der Waals surface area contributed by atoms with Crippen molar-refractivity contribution >= 4 is 39.8 Å². The van der Waals surface area contributed by atoms with Gasteiger partial charge in [0.25, 0.3) is 11.1 Å². The summed E-state index contributed by atoms with van der Waals surface area (Å²) in [6.07, 6.45) is 1.52. The van der Waals surface area contributed by atoms with Crippen molar-refractivity contribution in [1.29, 1.82) is 0 Å². The van der Waals surface area contributed by atoms with Gasteiger partial charge in [0.05, 0.1) is 18.6 Å². The van der Waals surface area contributed by atoms with Crippen LogP contribution in [0.4, 0.5) is 4.79 Å². The van der Waals surface area contributed by atoms with Crippen LogP contribution in [0.2, 0.25) is 0 Å². The van der Waals surface area contributed by atoms with Gasteiger partial charge in [-0.3, -0.25) is 14.5 Å². The summed E-state index contributed by atoms with van der Waals surface area (Å²) in [7, 11) is 1.52. The summed E-state index contributed by atoms with van der Waals surface area (Å²) in [5.74, 6) is 0.201. The third-order valence-corrected chi connectivity index (χ3v) is 5.46. The Labute approximate surface area is 166 Å². The Balaban J connectivity index is 1.60. The number of carbonyl (C=O) groups excluding carboxylic acids is 2. The van der Waals surface area contributed by atoms with Gasteiger partial charge < -0.3 is 9.84 Å². The highest BCUT2D eigenvalue weighted by Gasteiger charge is 2.35. The van der Waals surface area contributed by atoms with Crippen LogP contribution in [0, 0.1) is 0 Å². The molecule has 140 valence electrons. The van der Waals surface area contributed by atoms with E-state index in [9.17, 15) is 14.7 Å². The highest BCUT2D eigenvalue weighted by molar-refractivity contribution is 8.18. The number of phenols is 1. The topological polar surface area (TPSA) is 66.8 Å². The smallest absolute Gasteiger partial charge is 0.293 e. The number of benzene rings is 3. The van der Waals surface area contributed by atoms with Crippen molar-refractivity contribution in [3.8, 4) is 11.5 Å². The second kappa shape index (κ2) is 7.40. The van der Waals surface area contributed by atoms with E-state index in [1.165, 1.54) is 24.2 Å². The number of amides is 2. The van der Waals surface area contributed by atoms with E-state index >= 15 is 0 Å². The zero-order valence-electron chi connectivity index (χ0n) is 15.1. The van der Waals surface area contributed by atoms with Crippen LogP contribution in [0.15, 0.2) is 65.6 Å². The lowest BCUT2D eigenvalue weighted by molar-refractivity contribution is -0.123. The van der Waals surface area contributed by atoms with E-state index in [2.05, 4.69) is 0 Å². The molecule has 0 radical (unpaired) electrons. The van der Waals surface area contributed by atoms with E-state index < -0.39 is 0 Å². The first-order valence-electron chi connectivity index (χ1n) is 8.65. The molecule has 0 unspecified atom stereocenters. The SMILES string of the molecule is COc1ccc(O)c(/C=C2\SC(=O)N(Cc3ccc4ccccc4c3)C2=O)c1. The molecule has 1 aliphatic rings. The fourth-order valence-electron chi connectivity index (χ4n) is 3.07. The number of fused-ring (bicyclic) bond motifs is 1. The first-order chi connectivity index (χ1) is 13.5. The minimum Gasteiger partial charge on any atom is -0.507 e. The second-order valence-corrected chi connectivity index (χ2v) is 7.37. The van der Waals surface area contributed by atoms with Gasteiger partial charge in [0.1, 0.15) is 11.5 Å². The number of carbonyl (C=O) groups is 2. The van der Waals surface area contributed by atoms with Crippen molar-refractivity contribution < 1.29 is 19.4 Å². The molecule has 28 heavy (non-hydrogen) atoms. The molecule has 0 saturated carbocycles. The fourth-order valence-corrected chi connectivity index (χ4v) is 3.90. The summed E-state index contributed by atoms with van der Waals surface area (Å²) in [6.45, 7) is 0.205. The maximum absolute atomic E-state index is 12.8. The van der Waals surface area contributed by atoms with Crippen LogP contribution in [-0.2, 0) is 11.3 Å². The standard InChI is InChI=1S/C22H17NO4S/c1-27-18-8-9-19(24)17(11-18)12-20-21(25)23(22(26)28-20)13-14-6-7-15-4-2-3-5-16(15)10-14/h2-12,24H,13H2,1H3/b20-12-. The van der Waals surface area contributed by atoms with Gasteiger partial charge in [0.15, 0.2) is 0 Å². The molecule has 1 N–H and O–H groups in total. The highest BCUT2D eigenvalue weighted by atomic mass is 32.2. The summed E-state index contributed by atoms with van der Waals surface area (Å²) in [5.41, 5.74) is 1.31. The average Bonchev–Trinajstić information content (AvgIpc) is 2.97. The number of hydrogen-bond acceptors (Lipinski definition) is 5. The quantitative estimate of drug-likeness (QED) is 0.648. The van der Waals surface area contributed by atoms with Gasteiger partial charge in [-0.05, 0) is 58.4 Å². The third kappa shape index (κ3) is 3.46. The predicted octanol–water partition coefficient (Wildman–Crippen LogP) is 4.79. The average molecular weight is 391 g/mol. The lowest BCUT2D eigenvalue weighted by Gasteiger charge is -2.13. The van der Waals surface area contributed by atoms with Crippen molar-refractivity contribution in [3.63, 3.8) is 0 Å². The molecule has 0 aromatic heterocycles. The Morgan fingerprint density at radius 1 is 1.04 bits per heavy atom. The van der Waals surface area contributed by atoms with Crippen LogP contribution in [0.1, 0.15) is 11.1 Å². The summed E-state index contributed by atoms with van der Waals surface area (Å²) >= 11 is 0.868. The zero-order chi connectivity index (χ0) is 19.7. The van der Waals surface area contributed by atoms with Crippen LogP contribution in [0.25, 0.3) is 16.8 Å². The van der Waals surface area contributed by atoms with Crippen LogP contribution in [-0.4, -0.2) is 28.3 Å². The van der Waals surface area contributed by atoms with Crippen LogP contribution in [0.5, 0.6) is 11.5 Å². The normalized spacial score (nSPS) is 15.6. The van der Waals surface area contributed by atoms with Crippen molar-refractivity contribution in [3.05, 3.63) is 76.7 Å². The molecular weight excluding hydrogens is 374 g/mol. The Morgan fingerprint density at radius 2 is 1.82 bits per heavy atom. The van der Waals surface area contributed by atoms with Crippen molar-refractivity contribution in [2.45, 2.75) is 6.54 Å². The maximum atomic E-state index is 12.8. The molecule has 3 aromatic rings. The zero-order valence-corrected chi connectivity index (χ0v) is 15.9. The summed E-state index contributed by atoms with van der Waals surface area (Å²) < 4.78 is 5.15. The molecular formula is C22H17NO4S. The Bertz CT molecular complexity index is 1120. The predicted molar refractivity (Wildman–Crippen MR) is 110 cm³/mol. The Hall–Kier alpha value is -3.25. The molecule has 0 atom stereocenters. The van der Waals surface area contributed by atoms with Gasteiger partial charge in [0.2, 0.25) is 0 Å². The van der Waals surface area contributed by atoms with Crippen molar-refractivity contribution in [2.24, 2.45) is 0 Å². The number of rotatable bonds is 4. The number of hydrogen-bond donors (Lipinski definition) is 1. The summed E-state index contributed by atoms with van der Waals surface area (Å²) in [4.78, 5) is 26.7. The molecule has 1 saturated heterocycles. The van der Waals surface area contributed by atoms with Gasteiger partial charge in [-0.2, -0.15) is 0 Å². The second-order valence-electron chi connectivity index (χ2n) is 6.37. The maximum Gasteiger partial charge on any atom is 0.293 e. The van der Waals surface area contributed by atoms with E-state index in [1.54, 1.807) is 12.1 Å². The van der Waals surface area contributed by atoms with Gasteiger partial charge in [-0.25, -0.2) is 0 Å². The molecule has 2 amide bonds. The third-order valence-electron chi connectivity index (χ3n) is 4.55. The molecule has 3 aromatic carbocycles. The number of imide groups is 1. The van der Waals surface area contributed by atoms with E-state index in [4.69, 9.17) is 4.74 Å². The molecule has 4 rings (SSSR count). The van der Waals surface area contributed by atoms with Gasteiger partial charge in [-0.15, -0.1) is 0 Å². The van der Waals surface area contributed by atoms with Crippen LogP contribution in [0.3, 0.4) is 0 Å². The first kappa shape index (κ1) is 18.1. The minimum absolute atomic E-state index is 0.0159. The van der Waals surface area contributed by atoms with E-state index in [0.717, 1.165) is 28.1 Å². The largest absolute Gasteiger partial charge is 0.507 e. The Morgan fingerprint density at radius 3 is 2.61 bits per heavy atom.